The maximum atomic E-state index is 6.31. The number of fused-ring (bicyclic) bond motifs is 1. The highest BCUT2D eigenvalue weighted by molar-refractivity contribution is 6.28. The fraction of sp³-hybridized carbons (Fsp3) is 0.607. The summed E-state index contributed by atoms with van der Waals surface area (Å²) in [5.74, 6) is 1.54. The molecule has 2 fully saturated rings. The van der Waals surface area contributed by atoms with Gasteiger partial charge in [0.2, 0.25) is 5.28 Å². The van der Waals surface area contributed by atoms with E-state index in [1.54, 1.807) is 0 Å². The van der Waals surface area contributed by atoms with Crippen LogP contribution in [0.3, 0.4) is 0 Å². The Hall–Kier alpha value is -2.22. The van der Waals surface area contributed by atoms with E-state index in [4.69, 9.17) is 16.3 Å². The lowest BCUT2D eigenvalue weighted by molar-refractivity contribution is 0.116. The highest BCUT2D eigenvalue weighted by Crippen LogP contribution is 2.33. The molecular formula is C28H39ClN6O. The number of rotatable bonds is 12. The molecule has 0 atom stereocenters. The molecule has 0 amide bonds. The lowest BCUT2D eigenvalue weighted by Gasteiger charge is -2.32. The van der Waals surface area contributed by atoms with Crippen molar-refractivity contribution < 1.29 is 4.74 Å². The number of halogens is 1. The average molecular weight is 511 g/mol. The number of piperidine rings is 1. The van der Waals surface area contributed by atoms with Gasteiger partial charge in [0.25, 0.3) is 0 Å². The third kappa shape index (κ3) is 6.75. The summed E-state index contributed by atoms with van der Waals surface area (Å²) in [5, 5.41) is 2.55. The first-order valence-electron chi connectivity index (χ1n) is 13.8. The fourth-order valence-corrected chi connectivity index (χ4v) is 5.82. The van der Waals surface area contributed by atoms with E-state index in [2.05, 4.69) is 54.2 Å². The summed E-state index contributed by atoms with van der Waals surface area (Å²) in [6.07, 6.45) is 15.6. The zero-order valence-electron chi connectivity index (χ0n) is 21.2. The largest absolute Gasteiger partial charge is 0.377 e. The number of benzene rings is 1. The molecule has 8 heteroatoms. The van der Waals surface area contributed by atoms with Gasteiger partial charge in [-0.25, -0.2) is 9.99 Å². The number of aromatic nitrogens is 4. The second kappa shape index (κ2) is 12.8. The fourth-order valence-electron chi connectivity index (χ4n) is 5.66. The molecule has 2 aromatic heterocycles. The smallest absolute Gasteiger partial charge is 0.226 e. The maximum Gasteiger partial charge on any atom is 0.226 e. The second-order valence-corrected chi connectivity index (χ2v) is 10.7. The predicted molar refractivity (Wildman–Crippen MR) is 145 cm³/mol. The van der Waals surface area contributed by atoms with Crippen molar-refractivity contribution in [2.24, 2.45) is 5.92 Å². The molecule has 3 heterocycles. The number of hydrogen-bond acceptors (Lipinski definition) is 6. The summed E-state index contributed by atoms with van der Waals surface area (Å²) < 4.78 is 8.00. The molecule has 5 rings (SSSR count). The average Bonchev–Trinajstić information content (AvgIpc) is 3.57. The van der Waals surface area contributed by atoms with Crippen LogP contribution in [0, 0.1) is 5.92 Å². The van der Waals surface area contributed by atoms with Crippen molar-refractivity contribution in [1.82, 2.24) is 24.5 Å². The van der Waals surface area contributed by atoms with Crippen LogP contribution in [0.15, 0.2) is 36.7 Å². The topological polar surface area (TPSA) is 68.1 Å². The normalized spacial score (nSPS) is 17.8. The van der Waals surface area contributed by atoms with Crippen LogP contribution in [0.1, 0.15) is 82.2 Å². The van der Waals surface area contributed by atoms with Crippen LogP contribution < -0.4 is 5.43 Å². The van der Waals surface area contributed by atoms with Crippen molar-refractivity contribution in [1.29, 1.82) is 0 Å². The van der Waals surface area contributed by atoms with Crippen molar-refractivity contribution in [2.75, 3.05) is 25.1 Å². The van der Waals surface area contributed by atoms with Gasteiger partial charge in [0.1, 0.15) is 0 Å². The summed E-state index contributed by atoms with van der Waals surface area (Å²) in [4.78, 5) is 13.6. The molecule has 3 aromatic rings. The predicted octanol–water partition coefficient (Wildman–Crippen LogP) is 6.80. The van der Waals surface area contributed by atoms with Crippen LogP contribution in [-0.2, 0) is 11.3 Å². The molecule has 7 nitrogen and oxygen atoms in total. The van der Waals surface area contributed by atoms with Gasteiger partial charge in [-0.05, 0) is 55.2 Å². The van der Waals surface area contributed by atoms with Gasteiger partial charge in [0.05, 0.1) is 12.9 Å². The Labute approximate surface area is 219 Å². The second-order valence-electron chi connectivity index (χ2n) is 10.4. The Kier molecular flexibility index (Phi) is 9.07. The van der Waals surface area contributed by atoms with Crippen molar-refractivity contribution in [3.8, 4) is 0 Å². The van der Waals surface area contributed by atoms with Gasteiger partial charge in [-0.3, -0.25) is 0 Å². The Morgan fingerprint density at radius 2 is 1.72 bits per heavy atom. The van der Waals surface area contributed by atoms with Gasteiger partial charge in [-0.15, -0.1) is 0 Å². The van der Waals surface area contributed by atoms with Crippen LogP contribution in [0.2, 0.25) is 5.28 Å². The van der Waals surface area contributed by atoms with E-state index >= 15 is 0 Å². The number of unbranched alkanes of at least 4 members (excludes halogenated alkanes) is 3. The molecule has 194 valence electrons. The Morgan fingerprint density at radius 3 is 2.53 bits per heavy atom. The number of ether oxygens (including phenoxy) is 1. The van der Waals surface area contributed by atoms with E-state index in [1.807, 2.05) is 12.4 Å². The highest BCUT2D eigenvalue weighted by Gasteiger charge is 2.24. The quantitative estimate of drug-likeness (QED) is 0.213. The minimum Gasteiger partial charge on any atom is -0.377 e. The molecule has 2 aliphatic rings. The molecule has 1 aliphatic heterocycles. The summed E-state index contributed by atoms with van der Waals surface area (Å²) in [6.45, 7) is 3.62. The van der Waals surface area contributed by atoms with E-state index in [-0.39, 0.29) is 5.28 Å². The first-order chi connectivity index (χ1) is 17.8. The molecule has 0 spiro atoms. The van der Waals surface area contributed by atoms with E-state index in [1.165, 1.54) is 69.8 Å². The number of nitrogens with zero attached hydrogens (tertiary/aromatic N) is 5. The molecule has 0 bridgehead atoms. The van der Waals surface area contributed by atoms with E-state index in [0.717, 1.165) is 55.6 Å². The number of hydrogen-bond donors (Lipinski definition) is 1. The third-order valence-electron chi connectivity index (χ3n) is 7.75. The molecular weight excluding hydrogens is 472 g/mol. The molecule has 1 saturated carbocycles. The molecule has 36 heavy (non-hydrogen) atoms. The minimum atomic E-state index is 0.282. The lowest BCUT2D eigenvalue weighted by Crippen LogP contribution is -2.38. The van der Waals surface area contributed by atoms with Gasteiger partial charge < -0.3 is 14.7 Å². The monoisotopic (exact) mass is 510 g/mol. The number of nitrogens with one attached hydrogen (secondary N) is 1. The van der Waals surface area contributed by atoms with Gasteiger partial charge in [0, 0.05) is 25.7 Å². The van der Waals surface area contributed by atoms with Gasteiger partial charge in [0.15, 0.2) is 17.0 Å². The van der Waals surface area contributed by atoms with Crippen LogP contribution >= 0.6 is 11.6 Å². The number of hydrazine groups is 1. The lowest BCUT2D eigenvalue weighted by atomic mass is 9.92. The highest BCUT2D eigenvalue weighted by atomic mass is 35.5. The van der Waals surface area contributed by atoms with E-state index < -0.39 is 0 Å². The zero-order valence-corrected chi connectivity index (χ0v) is 22.0. The van der Waals surface area contributed by atoms with Gasteiger partial charge in [-0.1, -0.05) is 68.9 Å². The number of imidazole rings is 1. The zero-order chi connectivity index (χ0) is 24.6. The van der Waals surface area contributed by atoms with E-state index in [0.29, 0.717) is 6.04 Å². The van der Waals surface area contributed by atoms with E-state index in [9.17, 15) is 0 Å². The van der Waals surface area contributed by atoms with Crippen LogP contribution in [0.5, 0.6) is 0 Å². The van der Waals surface area contributed by atoms with Crippen LogP contribution in [-0.4, -0.2) is 44.2 Å². The van der Waals surface area contributed by atoms with Crippen molar-refractivity contribution >= 4 is 28.6 Å². The summed E-state index contributed by atoms with van der Waals surface area (Å²) >= 11 is 6.31. The molecule has 1 aliphatic carbocycles. The molecule has 1 saturated heterocycles. The Balaban J connectivity index is 0.997. The summed E-state index contributed by atoms with van der Waals surface area (Å²) in [7, 11) is 0. The molecule has 0 unspecified atom stereocenters. The van der Waals surface area contributed by atoms with Gasteiger partial charge in [-0.2, -0.15) is 9.97 Å². The number of anilines is 1. The maximum absolute atomic E-state index is 6.31. The SMILES string of the molecule is Clc1nc(NN2CCC(CCCCCCOCc3ccccc3)CC2)c2ncn(C3CCCC3)c2n1. The van der Waals surface area contributed by atoms with Crippen molar-refractivity contribution in [2.45, 2.75) is 83.3 Å². The van der Waals surface area contributed by atoms with Crippen LogP contribution in [0.25, 0.3) is 11.2 Å². The Morgan fingerprint density at radius 1 is 0.944 bits per heavy atom. The standard InChI is InChI=1S/C28H39ClN6O/c29-28-31-26(25-27(32-28)35(21-30-25)24-13-7-8-14-24)33-34-17-15-22(16-18-34)10-4-1-2-9-19-36-20-23-11-5-3-6-12-23/h3,5-6,11-12,21-22,24H,1-2,4,7-10,13-20H2,(H,31,32,33). The molecule has 1 aromatic carbocycles. The van der Waals surface area contributed by atoms with Crippen molar-refractivity contribution in [3.05, 3.63) is 47.5 Å². The summed E-state index contributed by atoms with van der Waals surface area (Å²) in [5.41, 5.74) is 6.43. The van der Waals surface area contributed by atoms with Gasteiger partial charge >= 0.3 is 0 Å². The molecule has 1 N–H and O–H groups in total. The Bertz CT molecular complexity index is 1080. The van der Waals surface area contributed by atoms with Crippen LogP contribution in [0.4, 0.5) is 5.82 Å². The first kappa shape index (κ1) is 25.4. The summed E-state index contributed by atoms with van der Waals surface area (Å²) in [6, 6.07) is 10.9. The molecule has 0 radical (unpaired) electrons. The first-order valence-corrected chi connectivity index (χ1v) is 14.2. The van der Waals surface area contributed by atoms with Crippen molar-refractivity contribution in [3.63, 3.8) is 0 Å². The minimum absolute atomic E-state index is 0.282. The third-order valence-corrected chi connectivity index (χ3v) is 7.92.